The predicted octanol–water partition coefficient (Wildman–Crippen LogP) is 0.872. The molecule has 1 saturated heterocycles. The van der Waals surface area contributed by atoms with Gasteiger partial charge < -0.3 is 10.6 Å². The first-order valence-corrected chi connectivity index (χ1v) is 7.63. The first-order valence-electron chi connectivity index (χ1n) is 6.19. The fraction of sp³-hybridized carbons (Fsp3) is 0.500. The van der Waals surface area contributed by atoms with E-state index in [0.29, 0.717) is 13.1 Å². The second-order valence-electron chi connectivity index (χ2n) is 5.00. The summed E-state index contributed by atoms with van der Waals surface area (Å²) < 4.78 is 53.3. The molecule has 0 aliphatic carbocycles. The normalized spacial score (nSPS) is 22.1. The number of likely N-dealkylation sites (N-methyl/N-ethyl adjacent to an activating group) is 1. The van der Waals surface area contributed by atoms with E-state index >= 15 is 0 Å². The van der Waals surface area contributed by atoms with Crippen molar-refractivity contribution in [1.29, 1.82) is 0 Å². The van der Waals surface area contributed by atoms with Crippen LogP contribution in [0.1, 0.15) is 6.92 Å². The molecule has 1 heterocycles. The van der Waals surface area contributed by atoms with Crippen molar-refractivity contribution in [2.75, 3.05) is 32.4 Å². The lowest BCUT2D eigenvalue weighted by molar-refractivity contribution is 0.170. The summed E-state index contributed by atoms with van der Waals surface area (Å²) in [5.74, 6) is -2.19. The maximum absolute atomic E-state index is 13.9. The van der Waals surface area contributed by atoms with E-state index in [9.17, 15) is 17.2 Å². The van der Waals surface area contributed by atoms with Crippen LogP contribution in [0.15, 0.2) is 17.0 Å². The Kier molecular flexibility index (Phi) is 3.99. The van der Waals surface area contributed by atoms with Gasteiger partial charge in [-0.15, -0.1) is 0 Å². The van der Waals surface area contributed by atoms with Gasteiger partial charge >= 0.3 is 0 Å². The van der Waals surface area contributed by atoms with E-state index in [-0.39, 0.29) is 12.6 Å². The Morgan fingerprint density at radius 3 is 2.55 bits per heavy atom. The van der Waals surface area contributed by atoms with Crippen LogP contribution in [0.4, 0.5) is 14.5 Å². The molecule has 2 rings (SSSR count). The molecule has 112 valence electrons. The molecule has 0 aromatic heterocycles. The Hall–Kier alpha value is -1.25. The minimum absolute atomic E-state index is 0.261. The molecular weight excluding hydrogens is 288 g/mol. The summed E-state index contributed by atoms with van der Waals surface area (Å²) in [4.78, 5) is 1.42. The molecule has 0 bridgehead atoms. The molecule has 1 fully saturated rings. The third-order valence-electron chi connectivity index (χ3n) is 3.45. The van der Waals surface area contributed by atoms with Gasteiger partial charge in [-0.1, -0.05) is 0 Å². The van der Waals surface area contributed by atoms with Crippen LogP contribution in [0.5, 0.6) is 0 Å². The molecule has 1 aromatic rings. The smallest absolute Gasteiger partial charge is 0.246 e. The van der Waals surface area contributed by atoms with E-state index in [1.807, 2.05) is 11.9 Å². The van der Waals surface area contributed by atoms with Gasteiger partial charge in [0, 0.05) is 25.7 Å². The van der Waals surface area contributed by atoms with Gasteiger partial charge in [0.25, 0.3) is 0 Å². The number of piperazine rings is 1. The van der Waals surface area contributed by atoms with Crippen LogP contribution in [0, 0.1) is 11.6 Å². The molecule has 0 spiro atoms. The highest BCUT2D eigenvalue weighted by atomic mass is 32.2. The lowest BCUT2D eigenvalue weighted by atomic mass is 10.2. The van der Waals surface area contributed by atoms with Crippen molar-refractivity contribution in [3.8, 4) is 0 Å². The zero-order valence-electron chi connectivity index (χ0n) is 11.3. The highest BCUT2D eigenvalue weighted by Gasteiger charge is 2.35. The molecule has 1 atom stereocenters. The van der Waals surface area contributed by atoms with Crippen molar-refractivity contribution in [3.05, 3.63) is 23.8 Å². The number of nitrogens with zero attached hydrogens (tertiary/aromatic N) is 2. The van der Waals surface area contributed by atoms with Gasteiger partial charge in [0.15, 0.2) is 5.82 Å². The van der Waals surface area contributed by atoms with Gasteiger partial charge in [-0.05, 0) is 26.1 Å². The number of hydrogen-bond donors (Lipinski definition) is 1. The zero-order chi connectivity index (χ0) is 15.1. The lowest BCUT2D eigenvalue weighted by Gasteiger charge is -2.37. The summed E-state index contributed by atoms with van der Waals surface area (Å²) in [5.41, 5.74) is 4.45. The van der Waals surface area contributed by atoms with Crippen molar-refractivity contribution in [3.63, 3.8) is 0 Å². The van der Waals surface area contributed by atoms with E-state index < -0.39 is 32.2 Å². The SMILES string of the molecule is CC1CN(C)CCN1S(=O)(=O)c1ccc(F)c(N)c1F. The van der Waals surface area contributed by atoms with Crippen molar-refractivity contribution in [2.45, 2.75) is 17.9 Å². The average Bonchev–Trinajstić information content (AvgIpc) is 2.35. The summed E-state index contributed by atoms with van der Waals surface area (Å²) in [6.07, 6.45) is 0. The summed E-state index contributed by atoms with van der Waals surface area (Å²) in [5, 5.41) is 0. The van der Waals surface area contributed by atoms with E-state index in [4.69, 9.17) is 5.73 Å². The third kappa shape index (κ3) is 2.50. The third-order valence-corrected chi connectivity index (χ3v) is 5.48. The average molecular weight is 305 g/mol. The maximum Gasteiger partial charge on any atom is 0.246 e. The monoisotopic (exact) mass is 305 g/mol. The molecular formula is C12H17F2N3O2S. The highest BCUT2D eigenvalue weighted by Crippen LogP contribution is 2.27. The Bertz CT molecular complexity index is 621. The lowest BCUT2D eigenvalue weighted by Crippen LogP contribution is -2.52. The Morgan fingerprint density at radius 2 is 1.95 bits per heavy atom. The topological polar surface area (TPSA) is 66.6 Å². The van der Waals surface area contributed by atoms with Gasteiger partial charge in [0.05, 0.1) is 0 Å². The summed E-state index contributed by atoms with van der Waals surface area (Å²) >= 11 is 0. The number of nitrogens with two attached hydrogens (primary N) is 1. The number of rotatable bonds is 2. The molecule has 5 nitrogen and oxygen atoms in total. The van der Waals surface area contributed by atoms with Crippen molar-refractivity contribution in [1.82, 2.24) is 9.21 Å². The maximum atomic E-state index is 13.9. The van der Waals surface area contributed by atoms with E-state index in [1.165, 1.54) is 4.31 Å². The molecule has 20 heavy (non-hydrogen) atoms. The van der Waals surface area contributed by atoms with Crippen LogP contribution in [-0.4, -0.2) is 50.3 Å². The molecule has 8 heteroatoms. The van der Waals surface area contributed by atoms with Crippen LogP contribution < -0.4 is 5.73 Å². The molecule has 1 aliphatic rings. The largest absolute Gasteiger partial charge is 0.394 e. The zero-order valence-corrected chi connectivity index (χ0v) is 12.1. The second kappa shape index (κ2) is 5.27. The van der Waals surface area contributed by atoms with Gasteiger partial charge in [-0.25, -0.2) is 17.2 Å². The van der Waals surface area contributed by atoms with Crippen LogP contribution in [-0.2, 0) is 10.0 Å². The quantitative estimate of drug-likeness (QED) is 0.824. The van der Waals surface area contributed by atoms with Crippen LogP contribution in [0.3, 0.4) is 0 Å². The van der Waals surface area contributed by atoms with E-state index in [2.05, 4.69) is 0 Å². The minimum atomic E-state index is -4.02. The number of benzene rings is 1. The van der Waals surface area contributed by atoms with Crippen LogP contribution >= 0.6 is 0 Å². The molecule has 0 radical (unpaired) electrons. The molecule has 1 unspecified atom stereocenters. The fourth-order valence-corrected chi connectivity index (χ4v) is 4.05. The predicted molar refractivity (Wildman–Crippen MR) is 71.6 cm³/mol. The Labute approximate surface area is 117 Å². The summed E-state index contributed by atoms with van der Waals surface area (Å²) in [7, 11) is -2.13. The van der Waals surface area contributed by atoms with Gasteiger partial charge in [-0.3, -0.25) is 0 Å². The fourth-order valence-electron chi connectivity index (χ4n) is 2.36. The first-order chi connectivity index (χ1) is 9.25. The van der Waals surface area contributed by atoms with E-state index in [1.54, 1.807) is 6.92 Å². The number of anilines is 1. The summed E-state index contributed by atoms with van der Waals surface area (Å²) in [6.45, 7) is 3.12. The van der Waals surface area contributed by atoms with Crippen molar-refractivity contribution in [2.24, 2.45) is 0 Å². The molecule has 1 aliphatic heterocycles. The highest BCUT2D eigenvalue weighted by molar-refractivity contribution is 7.89. The van der Waals surface area contributed by atoms with Gasteiger partial charge in [0.2, 0.25) is 10.0 Å². The molecule has 2 N–H and O–H groups in total. The number of halogens is 2. The van der Waals surface area contributed by atoms with Crippen molar-refractivity contribution < 1.29 is 17.2 Å². The molecule has 1 aromatic carbocycles. The number of sulfonamides is 1. The van der Waals surface area contributed by atoms with Gasteiger partial charge in [0.1, 0.15) is 16.4 Å². The number of hydrogen-bond acceptors (Lipinski definition) is 4. The van der Waals surface area contributed by atoms with Crippen molar-refractivity contribution >= 4 is 15.7 Å². The Morgan fingerprint density at radius 1 is 1.30 bits per heavy atom. The van der Waals surface area contributed by atoms with Crippen LogP contribution in [0.25, 0.3) is 0 Å². The molecule has 0 amide bonds. The minimum Gasteiger partial charge on any atom is -0.394 e. The van der Waals surface area contributed by atoms with E-state index in [0.717, 1.165) is 12.1 Å². The summed E-state index contributed by atoms with van der Waals surface area (Å²) in [6, 6.07) is 1.50. The van der Waals surface area contributed by atoms with Gasteiger partial charge in [-0.2, -0.15) is 4.31 Å². The Balaban J connectivity index is 2.43. The second-order valence-corrected chi connectivity index (χ2v) is 6.86. The van der Waals surface area contributed by atoms with Crippen LogP contribution in [0.2, 0.25) is 0 Å². The molecule has 0 saturated carbocycles. The number of nitrogen functional groups attached to an aromatic ring is 1. The first kappa shape index (κ1) is 15.1. The standard InChI is InChI=1S/C12H17F2N3O2S/c1-8-7-16(2)5-6-17(8)20(18,19)10-4-3-9(13)12(15)11(10)14/h3-4,8H,5-7,15H2,1-2H3.